The molecule has 1 atom stereocenters. The monoisotopic (exact) mass is 275 g/mol. The molecule has 0 heterocycles. The van der Waals surface area contributed by atoms with Gasteiger partial charge in [0.25, 0.3) is 0 Å². The van der Waals surface area contributed by atoms with E-state index < -0.39 is 0 Å². The number of nitrogens with one attached hydrogen (secondary N) is 1. The Bertz CT molecular complexity index is 319. The minimum atomic E-state index is -0.324. The molecule has 0 aromatic heterocycles. The van der Waals surface area contributed by atoms with Gasteiger partial charge in [0.15, 0.2) is 11.6 Å². The number of ether oxygens (including phenoxy) is 1. The van der Waals surface area contributed by atoms with Crippen molar-refractivity contribution in [2.24, 2.45) is 5.92 Å². The SMILES string of the molecule is CNCC(C)COc1cc(Br)ccc1F. The summed E-state index contributed by atoms with van der Waals surface area (Å²) in [6.07, 6.45) is 0. The minimum absolute atomic E-state index is 0.298. The van der Waals surface area contributed by atoms with Gasteiger partial charge < -0.3 is 10.1 Å². The van der Waals surface area contributed by atoms with E-state index in [0.717, 1.165) is 11.0 Å². The van der Waals surface area contributed by atoms with Gasteiger partial charge in [0.2, 0.25) is 0 Å². The summed E-state index contributed by atoms with van der Waals surface area (Å²) in [6, 6.07) is 4.68. The van der Waals surface area contributed by atoms with E-state index in [0.29, 0.717) is 18.3 Å². The Labute approximate surface area is 98.0 Å². The summed E-state index contributed by atoms with van der Waals surface area (Å²) in [7, 11) is 1.89. The van der Waals surface area contributed by atoms with Gasteiger partial charge in [-0.2, -0.15) is 0 Å². The molecule has 0 radical (unpaired) electrons. The van der Waals surface area contributed by atoms with Crippen LogP contribution in [0.4, 0.5) is 4.39 Å². The number of hydrogen-bond donors (Lipinski definition) is 1. The molecule has 0 saturated heterocycles. The van der Waals surface area contributed by atoms with Gasteiger partial charge in [-0.3, -0.25) is 0 Å². The molecule has 1 aromatic rings. The van der Waals surface area contributed by atoms with Crippen LogP contribution < -0.4 is 10.1 Å². The molecule has 0 bridgehead atoms. The number of rotatable bonds is 5. The van der Waals surface area contributed by atoms with Crippen molar-refractivity contribution >= 4 is 15.9 Å². The Morgan fingerprint density at radius 3 is 2.93 bits per heavy atom. The van der Waals surface area contributed by atoms with Crippen molar-refractivity contribution in [2.45, 2.75) is 6.92 Å². The van der Waals surface area contributed by atoms with Crippen LogP contribution in [0.25, 0.3) is 0 Å². The van der Waals surface area contributed by atoms with Crippen LogP contribution in [-0.4, -0.2) is 20.2 Å². The molecule has 4 heteroatoms. The molecule has 0 aliphatic carbocycles. The van der Waals surface area contributed by atoms with Gasteiger partial charge in [-0.05, 0) is 25.2 Å². The highest BCUT2D eigenvalue weighted by Gasteiger charge is 2.06. The fourth-order valence-electron chi connectivity index (χ4n) is 1.23. The summed E-state index contributed by atoms with van der Waals surface area (Å²) in [5, 5.41) is 3.05. The number of halogens is 2. The van der Waals surface area contributed by atoms with Crippen molar-refractivity contribution in [1.29, 1.82) is 0 Å². The van der Waals surface area contributed by atoms with Gasteiger partial charge in [-0.1, -0.05) is 22.9 Å². The lowest BCUT2D eigenvalue weighted by atomic mass is 10.2. The fraction of sp³-hybridized carbons (Fsp3) is 0.455. The molecule has 2 nitrogen and oxygen atoms in total. The molecule has 0 aliphatic rings. The Morgan fingerprint density at radius 1 is 1.53 bits per heavy atom. The lowest BCUT2D eigenvalue weighted by Gasteiger charge is -2.13. The van der Waals surface area contributed by atoms with Gasteiger partial charge in [0.05, 0.1) is 6.61 Å². The van der Waals surface area contributed by atoms with Crippen LogP contribution in [0.5, 0.6) is 5.75 Å². The van der Waals surface area contributed by atoms with E-state index in [1.807, 2.05) is 14.0 Å². The highest BCUT2D eigenvalue weighted by atomic mass is 79.9. The Morgan fingerprint density at radius 2 is 2.27 bits per heavy atom. The average Bonchev–Trinajstić information content (AvgIpc) is 2.20. The second kappa shape index (κ2) is 6.08. The maximum atomic E-state index is 13.2. The maximum absolute atomic E-state index is 13.2. The number of benzene rings is 1. The molecule has 0 saturated carbocycles. The molecule has 0 spiro atoms. The van der Waals surface area contributed by atoms with Crippen LogP contribution >= 0.6 is 15.9 Å². The number of hydrogen-bond acceptors (Lipinski definition) is 2. The van der Waals surface area contributed by atoms with Crippen LogP contribution in [0.2, 0.25) is 0 Å². The zero-order chi connectivity index (χ0) is 11.3. The van der Waals surface area contributed by atoms with Crippen molar-refractivity contribution in [2.75, 3.05) is 20.2 Å². The largest absolute Gasteiger partial charge is 0.490 e. The first kappa shape index (κ1) is 12.5. The van der Waals surface area contributed by atoms with Crippen LogP contribution in [0.15, 0.2) is 22.7 Å². The Hall–Kier alpha value is -0.610. The van der Waals surface area contributed by atoms with Crippen molar-refractivity contribution in [3.05, 3.63) is 28.5 Å². The smallest absolute Gasteiger partial charge is 0.165 e. The van der Waals surface area contributed by atoms with E-state index in [4.69, 9.17) is 4.74 Å². The zero-order valence-electron chi connectivity index (χ0n) is 8.89. The predicted octanol–water partition coefficient (Wildman–Crippen LogP) is 2.82. The normalized spacial score (nSPS) is 12.5. The van der Waals surface area contributed by atoms with Crippen LogP contribution in [-0.2, 0) is 0 Å². The maximum Gasteiger partial charge on any atom is 0.165 e. The van der Waals surface area contributed by atoms with Gasteiger partial charge in [-0.25, -0.2) is 4.39 Å². The third-order valence-electron chi connectivity index (χ3n) is 1.97. The molecule has 84 valence electrons. The fourth-order valence-corrected chi connectivity index (χ4v) is 1.57. The Balaban J connectivity index is 2.53. The van der Waals surface area contributed by atoms with Gasteiger partial charge >= 0.3 is 0 Å². The zero-order valence-corrected chi connectivity index (χ0v) is 10.5. The Kier molecular flexibility index (Phi) is 5.05. The average molecular weight is 276 g/mol. The molecular formula is C11H15BrFNO. The first-order chi connectivity index (χ1) is 7.13. The van der Waals surface area contributed by atoms with Gasteiger partial charge in [0.1, 0.15) is 0 Å². The summed E-state index contributed by atoms with van der Waals surface area (Å²) in [6.45, 7) is 3.41. The van der Waals surface area contributed by atoms with E-state index in [9.17, 15) is 4.39 Å². The first-order valence-corrected chi connectivity index (χ1v) is 5.65. The van der Waals surface area contributed by atoms with Crippen molar-refractivity contribution < 1.29 is 9.13 Å². The van der Waals surface area contributed by atoms with Crippen LogP contribution in [0.3, 0.4) is 0 Å². The van der Waals surface area contributed by atoms with Gasteiger partial charge in [0, 0.05) is 16.9 Å². The quantitative estimate of drug-likeness (QED) is 0.893. The summed E-state index contributed by atoms with van der Waals surface area (Å²) in [5.74, 6) is 0.329. The van der Waals surface area contributed by atoms with E-state index in [-0.39, 0.29) is 5.82 Å². The van der Waals surface area contributed by atoms with Crippen LogP contribution in [0, 0.1) is 11.7 Å². The third-order valence-corrected chi connectivity index (χ3v) is 2.46. The molecule has 15 heavy (non-hydrogen) atoms. The molecule has 1 rings (SSSR count). The summed E-state index contributed by atoms with van der Waals surface area (Å²) < 4.78 is 19.5. The van der Waals surface area contributed by atoms with E-state index in [2.05, 4.69) is 21.2 Å². The van der Waals surface area contributed by atoms with E-state index in [1.54, 1.807) is 12.1 Å². The minimum Gasteiger partial charge on any atom is -0.490 e. The lowest BCUT2D eigenvalue weighted by molar-refractivity contribution is 0.247. The molecule has 0 fully saturated rings. The second-order valence-corrected chi connectivity index (χ2v) is 4.46. The molecule has 0 amide bonds. The summed E-state index contributed by atoms with van der Waals surface area (Å²) in [5.41, 5.74) is 0. The summed E-state index contributed by atoms with van der Waals surface area (Å²) >= 11 is 3.28. The first-order valence-electron chi connectivity index (χ1n) is 4.86. The van der Waals surface area contributed by atoms with E-state index >= 15 is 0 Å². The lowest BCUT2D eigenvalue weighted by Crippen LogP contribution is -2.21. The highest BCUT2D eigenvalue weighted by Crippen LogP contribution is 2.22. The van der Waals surface area contributed by atoms with Crippen molar-refractivity contribution in [3.8, 4) is 5.75 Å². The van der Waals surface area contributed by atoms with Crippen molar-refractivity contribution in [3.63, 3.8) is 0 Å². The topological polar surface area (TPSA) is 21.3 Å². The van der Waals surface area contributed by atoms with Gasteiger partial charge in [-0.15, -0.1) is 0 Å². The second-order valence-electron chi connectivity index (χ2n) is 3.55. The van der Waals surface area contributed by atoms with Crippen molar-refractivity contribution in [1.82, 2.24) is 5.32 Å². The molecular weight excluding hydrogens is 261 g/mol. The summed E-state index contributed by atoms with van der Waals surface area (Å²) in [4.78, 5) is 0. The molecule has 1 aromatic carbocycles. The van der Waals surface area contributed by atoms with E-state index in [1.165, 1.54) is 6.07 Å². The molecule has 1 N–H and O–H groups in total. The standard InChI is InChI=1S/C11H15BrFNO/c1-8(6-14-2)7-15-11-5-9(12)3-4-10(11)13/h3-5,8,14H,6-7H2,1-2H3. The van der Waals surface area contributed by atoms with Crippen LogP contribution in [0.1, 0.15) is 6.92 Å². The third kappa shape index (κ3) is 4.18. The molecule has 0 aliphatic heterocycles. The predicted molar refractivity (Wildman–Crippen MR) is 62.7 cm³/mol. The highest BCUT2D eigenvalue weighted by molar-refractivity contribution is 9.10. The molecule has 1 unspecified atom stereocenters.